The molecular weight excluding hydrogens is 396 g/mol. The average molecular weight is 419 g/mol. The van der Waals surface area contributed by atoms with Crippen molar-refractivity contribution in [2.24, 2.45) is 0 Å². The molecule has 1 aliphatic heterocycles. The fourth-order valence-electron chi connectivity index (χ4n) is 3.63. The number of amides is 2. The van der Waals surface area contributed by atoms with Crippen molar-refractivity contribution >= 4 is 23.2 Å². The topological polar surface area (TPSA) is 67.4 Å². The number of carbonyl (C=O) groups excluding carboxylic acids is 2. The first-order valence-electron chi connectivity index (χ1n) is 10.2. The summed E-state index contributed by atoms with van der Waals surface area (Å²) in [5.41, 5.74) is 3.03. The summed E-state index contributed by atoms with van der Waals surface area (Å²) in [6.45, 7) is 0.450. The van der Waals surface area contributed by atoms with Crippen molar-refractivity contribution in [3.05, 3.63) is 76.7 Å². The Balaban J connectivity index is 1.36. The van der Waals surface area contributed by atoms with Crippen LogP contribution in [0.15, 0.2) is 60.7 Å². The molecule has 2 amide bonds. The molecule has 1 aromatic heterocycles. The van der Waals surface area contributed by atoms with E-state index in [9.17, 15) is 9.59 Å². The van der Waals surface area contributed by atoms with E-state index in [1.54, 1.807) is 0 Å². The van der Waals surface area contributed by atoms with Crippen molar-refractivity contribution in [3.63, 3.8) is 0 Å². The fraction of sp³-hybridized carbons (Fsp3) is 0.250. The largest absolute Gasteiger partial charge is 0.488 e. The van der Waals surface area contributed by atoms with Gasteiger partial charge >= 0.3 is 0 Å². The number of rotatable bonds is 6. The zero-order valence-electron chi connectivity index (χ0n) is 16.4. The minimum absolute atomic E-state index is 0.121. The van der Waals surface area contributed by atoms with Gasteiger partial charge in [-0.3, -0.25) is 9.59 Å². The Morgan fingerprint density at radius 1 is 1.07 bits per heavy atom. The van der Waals surface area contributed by atoms with E-state index in [1.165, 1.54) is 11.3 Å². The highest BCUT2D eigenvalue weighted by Crippen LogP contribution is 2.42. The maximum atomic E-state index is 13.1. The van der Waals surface area contributed by atoms with E-state index in [4.69, 9.17) is 4.74 Å². The molecule has 2 N–H and O–H groups in total. The summed E-state index contributed by atoms with van der Waals surface area (Å²) in [6, 6.07) is 19.1. The smallest absolute Gasteiger partial charge is 0.262 e. The number of hydrogen-bond donors (Lipinski definition) is 2. The van der Waals surface area contributed by atoms with Crippen LogP contribution in [0.1, 0.15) is 33.6 Å². The number of hydrogen-bond acceptors (Lipinski definition) is 4. The van der Waals surface area contributed by atoms with E-state index >= 15 is 0 Å². The minimum atomic E-state index is -0.608. The number of ether oxygens (including phenoxy) is 1. The molecule has 3 aromatic rings. The summed E-state index contributed by atoms with van der Waals surface area (Å²) in [7, 11) is 0. The van der Waals surface area contributed by atoms with Gasteiger partial charge in [0.15, 0.2) is 0 Å². The van der Waals surface area contributed by atoms with Gasteiger partial charge in [-0.15, -0.1) is 11.3 Å². The monoisotopic (exact) mass is 418 g/mol. The fourth-order valence-corrected chi connectivity index (χ4v) is 4.73. The first kappa shape index (κ1) is 18.9. The molecule has 5 rings (SSSR count). The molecule has 0 bridgehead atoms. The Morgan fingerprint density at radius 2 is 1.83 bits per heavy atom. The molecule has 2 aliphatic rings. The van der Waals surface area contributed by atoms with E-state index in [2.05, 4.69) is 10.6 Å². The molecule has 1 unspecified atom stereocenters. The lowest BCUT2D eigenvalue weighted by atomic mass is 10.0. The van der Waals surface area contributed by atoms with Crippen molar-refractivity contribution in [3.8, 4) is 16.2 Å². The summed E-state index contributed by atoms with van der Waals surface area (Å²) in [5, 5.41) is 5.99. The number of nitrogens with one attached hydrogen (secondary N) is 2. The van der Waals surface area contributed by atoms with E-state index in [0.717, 1.165) is 40.2 Å². The molecule has 1 fully saturated rings. The zero-order chi connectivity index (χ0) is 20.5. The molecule has 30 heavy (non-hydrogen) atoms. The zero-order valence-corrected chi connectivity index (χ0v) is 17.2. The summed E-state index contributed by atoms with van der Waals surface area (Å²) < 4.78 is 5.80. The molecule has 0 saturated heterocycles. The molecule has 152 valence electrons. The van der Waals surface area contributed by atoms with Crippen LogP contribution in [0.25, 0.3) is 10.4 Å². The maximum absolute atomic E-state index is 13.1. The van der Waals surface area contributed by atoms with Crippen LogP contribution >= 0.6 is 11.3 Å². The lowest BCUT2D eigenvalue weighted by Crippen LogP contribution is -2.48. The van der Waals surface area contributed by atoms with Crippen molar-refractivity contribution in [2.45, 2.75) is 38.0 Å². The van der Waals surface area contributed by atoms with Crippen LogP contribution in [0.5, 0.6) is 5.75 Å². The van der Waals surface area contributed by atoms with Crippen LogP contribution in [0.4, 0.5) is 0 Å². The number of fused-ring (bicyclic) bond motifs is 3. The molecule has 2 aromatic carbocycles. The van der Waals surface area contributed by atoms with E-state index in [-0.39, 0.29) is 17.9 Å². The van der Waals surface area contributed by atoms with Gasteiger partial charge in [0.1, 0.15) is 18.4 Å². The Kier molecular flexibility index (Phi) is 5.01. The maximum Gasteiger partial charge on any atom is 0.262 e. The van der Waals surface area contributed by atoms with Gasteiger partial charge in [0.2, 0.25) is 5.91 Å². The quantitative estimate of drug-likeness (QED) is 0.637. The second kappa shape index (κ2) is 7.95. The highest BCUT2D eigenvalue weighted by Gasteiger charge is 2.30. The van der Waals surface area contributed by atoms with Crippen LogP contribution in [0, 0.1) is 0 Å². The predicted molar refractivity (Wildman–Crippen MR) is 117 cm³/mol. The van der Waals surface area contributed by atoms with E-state index in [1.807, 2.05) is 60.7 Å². The molecule has 0 spiro atoms. The van der Waals surface area contributed by atoms with Gasteiger partial charge in [-0.1, -0.05) is 42.5 Å². The van der Waals surface area contributed by atoms with Crippen LogP contribution in [0.3, 0.4) is 0 Å². The highest BCUT2D eigenvalue weighted by atomic mass is 32.1. The van der Waals surface area contributed by atoms with Gasteiger partial charge in [-0.25, -0.2) is 0 Å². The molecule has 2 heterocycles. The Hall–Kier alpha value is -3.12. The molecule has 0 radical (unpaired) electrons. The standard InChI is InChI=1S/C24H22N2O3S/c27-23(25-17-10-11-17)19(12-15-6-2-1-3-7-15)26-24(28)21-13-16-14-29-20-9-5-4-8-18(20)22(16)30-21/h1-9,13,17,19H,10-12,14H2,(H,25,27)(H,26,28). The second-order valence-corrected chi connectivity index (χ2v) is 8.80. The molecule has 1 saturated carbocycles. The molecule has 1 atom stereocenters. The van der Waals surface area contributed by atoms with Crippen LogP contribution in [-0.4, -0.2) is 23.9 Å². The van der Waals surface area contributed by atoms with Gasteiger partial charge in [-0.05, 0) is 36.6 Å². The van der Waals surface area contributed by atoms with Gasteiger partial charge in [0.05, 0.1) is 4.88 Å². The number of thiophene rings is 1. The molecule has 5 nitrogen and oxygen atoms in total. The Morgan fingerprint density at radius 3 is 2.63 bits per heavy atom. The second-order valence-electron chi connectivity index (χ2n) is 7.75. The Bertz CT molecular complexity index is 1090. The van der Waals surface area contributed by atoms with Crippen molar-refractivity contribution < 1.29 is 14.3 Å². The van der Waals surface area contributed by atoms with Crippen LogP contribution < -0.4 is 15.4 Å². The first-order valence-corrected chi connectivity index (χ1v) is 11.0. The minimum Gasteiger partial charge on any atom is -0.488 e. The van der Waals surface area contributed by atoms with Gasteiger partial charge in [-0.2, -0.15) is 0 Å². The Labute approximate surface area is 179 Å². The summed E-state index contributed by atoms with van der Waals surface area (Å²) in [6.07, 6.45) is 2.48. The van der Waals surface area contributed by atoms with E-state index < -0.39 is 6.04 Å². The third kappa shape index (κ3) is 3.96. The third-order valence-corrected chi connectivity index (χ3v) is 6.59. The highest BCUT2D eigenvalue weighted by molar-refractivity contribution is 7.17. The van der Waals surface area contributed by atoms with Crippen molar-refractivity contribution in [1.82, 2.24) is 10.6 Å². The van der Waals surface area contributed by atoms with Crippen LogP contribution in [-0.2, 0) is 17.8 Å². The molecule has 6 heteroatoms. The van der Waals surface area contributed by atoms with Gasteiger partial charge in [0.25, 0.3) is 5.91 Å². The lowest BCUT2D eigenvalue weighted by molar-refractivity contribution is -0.123. The average Bonchev–Trinajstić information content (AvgIpc) is 3.47. The number of para-hydroxylation sites is 1. The summed E-state index contributed by atoms with van der Waals surface area (Å²) in [5.74, 6) is 0.494. The van der Waals surface area contributed by atoms with Crippen molar-refractivity contribution in [2.75, 3.05) is 0 Å². The van der Waals surface area contributed by atoms with E-state index in [0.29, 0.717) is 17.9 Å². The summed E-state index contributed by atoms with van der Waals surface area (Å²) >= 11 is 1.45. The number of benzene rings is 2. The van der Waals surface area contributed by atoms with Gasteiger partial charge < -0.3 is 15.4 Å². The SMILES string of the molecule is O=C(NC(Cc1ccccc1)C(=O)NC1CC1)c1cc2c(s1)-c1ccccc1OC2. The van der Waals surface area contributed by atoms with Crippen LogP contribution in [0.2, 0.25) is 0 Å². The molecule has 1 aliphatic carbocycles. The number of carbonyl (C=O) groups is 2. The lowest BCUT2D eigenvalue weighted by Gasteiger charge is -2.18. The normalized spacial score (nSPS) is 15.3. The predicted octanol–water partition coefficient (Wildman–Crippen LogP) is 3.93. The van der Waals surface area contributed by atoms with Crippen molar-refractivity contribution in [1.29, 1.82) is 0 Å². The first-order chi connectivity index (χ1) is 14.7. The van der Waals surface area contributed by atoms with Gasteiger partial charge in [0, 0.05) is 28.5 Å². The summed E-state index contributed by atoms with van der Waals surface area (Å²) in [4.78, 5) is 27.5. The molecular formula is C24H22N2O3S. The third-order valence-electron chi connectivity index (χ3n) is 5.38.